The van der Waals surface area contributed by atoms with Gasteiger partial charge in [0.05, 0.1) is 5.92 Å². The van der Waals surface area contributed by atoms with Crippen LogP contribution in [0, 0.1) is 11.7 Å². The first-order valence-electron chi connectivity index (χ1n) is 9.88. The lowest BCUT2D eigenvalue weighted by Gasteiger charge is -2.44. The summed E-state index contributed by atoms with van der Waals surface area (Å²) in [6, 6.07) is 15.5. The van der Waals surface area contributed by atoms with Crippen molar-refractivity contribution in [3.8, 4) is 5.75 Å². The van der Waals surface area contributed by atoms with Gasteiger partial charge in [0, 0.05) is 13.1 Å². The molecular formula is C23H22FNO5. The van der Waals surface area contributed by atoms with Gasteiger partial charge in [-0.3, -0.25) is 0 Å². The second kappa shape index (κ2) is 8.67. The molecule has 0 aromatic heterocycles. The summed E-state index contributed by atoms with van der Waals surface area (Å²) in [4.78, 5) is 25.7. The van der Waals surface area contributed by atoms with E-state index in [0.717, 1.165) is 12.0 Å². The van der Waals surface area contributed by atoms with Gasteiger partial charge in [-0.2, -0.15) is 0 Å². The highest BCUT2D eigenvalue weighted by Gasteiger charge is 2.59. The highest BCUT2D eigenvalue weighted by Crippen LogP contribution is 2.40. The predicted octanol–water partition coefficient (Wildman–Crippen LogP) is 3.38. The number of benzene rings is 2. The highest BCUT2D eigenvalue weighted by molar-refractivity contribution is 6.31. The topological polar surface area (TPSA) is 65.1 Å². The van der Waals surface area contributed by atoms with Gasteiger partial charge in [0.25, 0.3) is 0 Å². The number of hydrogen-bond donors (Lipinski definition) is 0. The molecule has 2 aliphatic heterocycles. The monoisotopic (exact) mass is 411 g/mol. The number of hydrogen-bond acceptors (Lipinski definition) is 6. The number of piperidine rings is 1. The third kappa shape index (κ3) is 4.21. The average molecular weight is 411 g/mol. The molecule has 1 spiro atoms. The zero-order chi connectivity index (χ0) is 21.0. The van der Waals surface area contributed by atoms with Crippen molar-refractivity contribution in [1.82, 2.24) is 4.90 Å². The highest BCUT2D eigenvalue weighted by atomic mass is 19.1. The molecule has 0 aliphatic carbocycles. The Bertz CT molecular complexity index is 912. The first-order chi connectivity index (χ1) is 14.6. The maximum Gasteiger partial charge on any atom is 0.421 e. The Labute approximate surface area is 173 Å². The molecule has 2 heterocycles. The van der Waals surface area contributed by atoms with Crippen LogP contribution in [0.4, 0.5) is 4.39 Å². The molecule has 2 aromatic carbocycles. The Morgan fingerprint density at radius 3 is 2.47 bits per heavy atom. The molecule has 0 bridgehead atoms. The Balaban J connectivity index is 1.50. The van der Waals surface area contributed by atoms with Crippen LogP contribution in [0.1, 0.15) is 18.4 Å². The standard InChI is InChI=1S/C23H22FNO5/c24-19-10-12-20(13-11-19)28-16-18-9-5-15-25(23(18)29-21(26)22(27)30-23)14-4-8-17-6-2-1-3-7-17/h1-4,6-8,10-13,18H,5,9,14-16H2/b8-4+. The van der Waals surface area contributed by atoms with Crippen LogP contribution in [0.3, 0.4) is 0 Å². The number of carbonyl (C=O) groups is 2. The number of carbonyl (C=O) groups excluding carboxylic acids is 2. The Morgan fingerprint density at radius 1 is 1.07 bits per heavy atom. The van der Waals surface area contributed by atoms with Crippen LogP contribution in [-0.4, -0.2) is 42.4 Å². The number of nitrogens with zero attached hydrogens (tertiary/aromatic N) is 1. The van der Waals surface area contributed by atoms with Crippen LogP contribution in [0.25, 0.3) is 6.08 Å². The van der Waals surface area contributed by atoms with Crippen molar-refractivity contribution in [1.29, 1.82) is 0 Å². The fraction of sp³-hybridized carbons (Fsp3) is 0.304. The number of rotatable bonds is 6. The molecular weight excluding hydrogens is 389 g/mol. The van der Waals surface area contributed by atoms with Crippen LogP contribution in [0.15, 0.2) is 60.7 Å². The predicted molar refractivity (Wildman–Crippen MR) is 107 cm³/mol. The van der Waals surface area contributed by atoms with E-state index < -0.39 is 17.8 Å². The van der Waals surface area contributed by atoms with Gasteiger partial charge < -0.3 is 14.2 Å². The summed E-state index contributed by atoms with van der Waals surface area (Å²) < 4.78 is 29.9. The van der Waals surface area contributed by atoms with Crippen molar-refractivity contribution < 1.29 is 28.2 Å². The van der Waals surface area contributed by atoms with E-state index in [1.807, 2.05) is 47.4 Å². The van der Waals surface area contributed by atoms with Crippen LogP contribution in [0.2, 0.25) is 0 Å². The van der Waals surface area contributed by atoms with E-state index in [9.17, 15) is 14.0 Å². The normalized spacial score (nSPS) is 21.0. The molecule has 0 N–H and O–H groups in total. The minimum atomic E-state index is -1.49. The zero-order valence-corrected chi connectivity index (χ0v) is 16.3. The number of esters is 2. The first-order valence-corrected chi connectivity index (χ1v) is 9.88. The quantitative estimate of drug-likeness (QED) is 0.536. The van der Waals surface area contributed by atoms with E-state index in [0.29, 0.717) is 25.3 Å². The summed E-state index contributed by atoms with van der Waals surface area (Å²) in [5.74, 6) is -3.74. The van der Waals surface area contributed by atoms with Crippen LogP contribution >= 0.6 is 0 Å². The third-order valence-corrected chi connectivity index (χ3v) is 5.28. The largest absolute Gasteiger partial charge is 0.493 e. The van der Waals surface area contributed by atoms with Crippen molar-refractivity contribution >= 4 is 18.0 Å². The van der Waals surface area contributed by atoms with Gasteiger partial charge in [-0.15, -0.1) is 0 Å². The lowest BCUT2D eigenvalue weighted by Crippen LogP contribution is -2.59. The Morgan fingerprint density at radius 2 is 1.77 bits per heavy atom. The Hall–Kier alpha value is -3.19. The van der Waals surface area contributed by atoms with Gasteiger partial charge in [0.2, 0.25) is 0 Å². The van der Waals surface area contributed by atoms with Crippen LogP contribution in [0.5, 0.6) is 5.75 Å². The van der Waals surface area contributed by atoms with E-state index in [1.165, 1.54) is 24.3 Å². The van der Waals surface area contributed by atoms with Gasteiger partial charge in [0.1, 0.15) is 18.2 Å². The van der Waals surface area contributed by atoms with E-state index in [-0.39, 0.29) is 18.3 Å². The molecule has 2 fully saturated rings. The van der Waals surface area contributed by atoms with Gasteiger partial charge in [-0.05, 0) is 42.7 Å². The molecule has 0 amide bonds. The molecule has 2 saturated heterocycles. The van der Waals surface area contributed by atoms with Crippen molar-refractivity contribution in [3.63, 3.8) is 0 Å². The summed E-state index contributed by atoms with van der Waals surface area (Å²) in [6.45, 7) is 1.19. The van der Waals surface area contributed by atoms with E-state index in [4.69, 9.17) is 14.2 Å². The summed E-state index contributed by atoms with van der Waals surface area (Å²) in [6.07, 6.45) is 5.39. The van der Waals surface area contributed by atoms with Gasteiger partial charge in [-0.1, -0.05) is 42.5 Å². The molecule has 1 unspecified atom stereocenters. The first kappa shape index (κ1) is 20.1. The SMILES string of the molecule is O=C1OC2(OC1=O)C(COc1ccc(F)cc1)CCCN2C/C=C/c1ccccc1. The molecule has 2 aliphatic rings. The fourth-order valence-corrected chi connectivity index (χ4v) is 3.81. The maximum atomic E-state index is 13.1. The van der Waals surface area contributed by atoms with Crippen LogP contribution in [-0.2, 0) is 19.1 Å². The maximum absolute atomic E-state index is 13.1. The molecule has 156 valence electrons. The van der Waals surface area contributed by atoms with E-state index in [2.05, 4.69) is 0 Å². The van der Waals surface area contributed by atoms with E-state index >= 15 is 0 Å². The summed E-state index contributed by atoms with van der Waals surface area (Å²) in [5.41, 5.74) is 1.04. The number of halogens is 1. The minimum absolute atomic E-state index is 0.158. The number of likely N-dealkylation sites (tertiary alicyclic amines) is 1. The molecule has 6 nitrogen and oxygen atoms in total. The van der Waals surface area contributed by atoms with Crippen LogP contribution < -0.4 is 4.74 Å². The van der Waals surface area contributed by atoms with Crippen molar-refractivity contribution in [2.45, 2.75) is 18.8 Å². The van der Waals surface area contributed by atoms with Crippen molar-refractivity contribution in [2.75, 3.05) is 19.7 Å². The average Bonchev–Trinajstić information content (AvgIpc) is 3.05. The van der Waals surface area contributed by atoms with Gasteiger partial charge >= 0.3 is 17.8 Å². The van der Waals surface area contributed by atoms with Gasteiger partial charge in [-0.25, -0.2) is 18.9 Å². The third-order valence-electron chi connectivity index (χ3n) is 5.28. The lowest BCUT2D eigenvalue weighted by atomic mass is 9.93. The molecule has 4 rings (SSSR count). The fourth-order valence-electron chi connectivity index (χ4n) is 3.81. The van der Waals surface area contributed by atoms with Crippen molar-refractivity contribution in [2.24, 2.45) is 5.92 Å². The van der Waals surface area contributed by atoms with Gasteiger partial charge in [0.15, 0.2) is 0 Å². The molecule has 2 aromatic rings. The molecule has 0 radical (unpaired) electrons. The van der Waals surface area contributed by atoms with Crippen molar-refractivity contribution in [3.05, 3.63) is 72.1 Å². The molecule has 0 saturated carbocycles. The second-order valence-electron chi connectivity index (χ2n) is 7.27. The Kier molecular flexibility index (Phi) is 5.81. The molecule has 1 atom stereocenters. The summed E-state index contributed by atoms with van der Waals surface area (Å²) in [7, 11) is 0. The second-order valence-corrected chi connectivity index (χ2v) is 7.27. The molecule has 30 heavy (non-hydrogen) atoms. The zero-order valence-electron chi connectivity index (χ0n) is 16.3. The smallest absolute Gasteiger partial charge is 0.421 e. The summed E-state index contributed by atoms with van der Waals surface area (Å²) in [5, 5.41) is 0. The minimum Gasteiger partial charge on any atom is -0.493 e. The summed E-state index contributed by atoms with van der Waals surface area (Å²) >= 11 is 0. The number of ether oxygens (including phenoxy) is 3. The lowest BCUT2D eigenvalue weighted by molar-refractivity contribution is -0.291. The molecule has 7 heteroatoms. The van der Waals surface area contributed by atoms with E-state index in [1.54, 1.807) is 0 Å².